The molecule has 1 heterocycles. The van der Waals surface area contributed by atoms with Gasteiger partial charge in [0, 0.05) is 16.9 Å². The summed E-state index contributed by atoms with van der Waals surface area (Å²) in [6.45, 7) is 0.192. The molecule has 6 nitrogen and oxygen atoms in total. The van der Waals surface area contributed by atoms with Gasteiger partial charge in [-0.2, -0.15) is 0 Å². The van der Waals surface area contributed by atoms with Crippen molar-refractivity contribution in [2.24, 2.45) is 0 Å². The third-order valence-corrected chi connectivity index (χ3v) is 4.63. The van der Waals surface area contributed by atoms with Crippen LogP contribution in [-0.4, -0.2) is 40.9 Å². The lowest BCUT2D eigenvalue weighted by molar-refractivity contribution is 0.0386. The van der Waals surface area contributed by atoms with Gasteiger partial charge in [-0.1, -0.05) is 30.0 Å². The summed E-state index contributed by atoms with van der Waals surface area (Å²) in [7, 11) is 1.60. The summed E-state index contributed by atoms with van der Waals surface area (Å²) in [5.41, 5.74) is 1.24. The van der Waals surface area contributed by atoms with Gasteiger partial charge in [-0.05, 0) is 30.3 Å². The van der Waals surface area contributed by atoms with E-state index in [1.54, 1.807) is 25.3 Å². The fraction of sp³-hybridized carbons (Fsp3) is 0.263. The Kier molecular flexibility index (Phi) is 6.80. The number of ether oxygens (including phenoxy) is 2. The minimum absolute atomic E-state index is 0.0841. The Labute approximate surface area is 160 Å². The van der Waals surface area contributed by atoms with Gasteiger partial charge in [0.15, 0.2) is 0 Å². The maximum atomic E-state index is 13.5. The Hall–Kier alpha value is -2.42. The van der Waals surface area contributed by atoms with Gasteiger partial charge in [-0.15, -0.1) is 10.2 Å². The summed E-state index contributed by atoms with van der Waals surface area (Å²) in [6.07, 6.45) is -0.738. The first-order valence-corrected chi connectivity index (χ1v) is 9.24. The smallest absolute Gasteiger partial charge is 0.276 e. The van der Waals surface area contributed by atoms with Gasteiger partial charge in [0.2, 0.25) is 5.89 Å². The summed E-state index contributed by atoms with van der Waals surface area (Å²) in [4.78, 5) is 0. The van der Waals surface area contributed by atoms with Gasteiger partial charge >= 0.3 is 0 Å². The van der Waals surface area contributed by atoms with E-state index in [1.165, 1.54) is 17.8 Å². The van der Waals surface area contributed by atoms with E-state index in [0.29, 0.717) is 22.4 Å². The fourth-order valence-electron chi connectivity index (χ4n) is 2.25. The van der Waals surface area contributed by atoms with Crippen LogP contribution in [0.2, 0.25) is 0 Å². The number of thioether (sulfide) groups is 1. The van der Waals surface area contributed by atoms with E-state index in [0.717, 1.165) is 11.3 Å². The van der Waals surface area contributed by atoms with Crippen LogP contribution < -0.4 is 4.74 Å². The van der Waals surface area contributed by atoms with Crippen molar-refractivity contribution in [1.29, 1.82) is 0 Å². The summed E-state index contributed by atoms with van der Waals surface area (Å²) in [6, 6.07) is 13.7. The predicted octanol–water partition coefficient (Wildman–Crippen LogP) is 3.55. The molecule has 0 aliphatic carbocycles. The van der Waals surface area contributed by atoms with Gasteiger partial charge < -0.3 is 19.0 Å². The van der Waals surface area contributed by atoms with Crippen LogP contribution in [0.1, 0.15) is 5.56 Å². The second kappa shape index (κ2) is 9.50. The molecule has 1 N–H and O–H groups in total. The molecule has 1 aromatic heterocycles. The normalized spacial score (nSPS) is 12.1. The number of aromatic nitrogens is 2. The van der Waals surface area contributed by atoms with E-state index < -0.39 is 6.10 Å². The van der Waals surface area contributed by atoms with Crippen molar-refractivity contribution >= 4 is 11.8 Å². The lowest BCUT2D eigenvalue weighted by Gasteiger charge is -2.10. The molecule has 0 aliphatic heterocycles. The van der Waals surface area contributed by atoms with Gasteiger partial charge in [-0.25, -0.2) is 4.39 Å². The van der Waals surface area contributed by atoms with E-state index in [4.69, 9.17) is 13.9 Å². The van der Waals surface area contributed by atoms with Crippen LogP contribution >= 0.6 is 11.8 Å². The monoisotopic (exact) mass is 390 g/mol. The topological polar surface area (TPSA) is 77.6 Å². The molecule has 1 atom stereocenters. The van der Waals surface area contributed by atoms with Gasteiger partial charge in [-0.3, -0.25) is 0 Å². The van der Waals surface area contributed by atoms with E-state index in [1.807, 2.05) is 24.3 Å². The van der Waals surface area contributed by atoms with Gasteiger partial charge in [0.1, 0.15) is 11.6 Å². The van der Waals surface area contributed by atoms with Crippen LogP contribution in [0.3, 0.4) is 0 Å². The molecule has 0 fully saturated rings. The SMILES string of the molecule is COc1ccc(-c2nnc(SC[C@@H](O)COCc3ccccc3F)o2)cc1. The Balaban J connectivity index is 1.44. The standard InChI is InChI=1S/C19H19FN2O4S/c1-24-16-8-6-13(7-9-16)18-21-22-19(26-18)27-12-15(23)11-25-10-14-4-2-3-5-17(14)20/h2-9,15,23H,10-12H2,1H3/t15-/m0/s1. The maximum absolute atomic E-state index is 13.5. The number of nitrogens with zero attached hydrogens (tertiary/aromatic N) is 2. The average molecular weight is 390 g/mol. The van der Waals surface area contributed by atoms with Crippen molar-refractivity contribution in [3.05, 3.63) is 59.9 Å². The second-order valence-corrected chi connectivity index (χ2v) is 6.64. The molecule has 0 spiro atoms. The van der Waals surface area contributed by atoms with E-state index in [2.05, 4.69) is 10.2 Å². The van der Waals surface area contributed by atoms with Crippen LogP contribution in [0.5, 0.6) is 5.75 Å². The van der Waals surface area contributed by atoms with Crippen molar-refractivity contribution in [2.75, 3.05) is 19.5 Å². The van der Waals surface area contributed by atoms with Crippen molar-refractivity contribution in [3.8, 4) is 17.2 Å². The average Bonchev–Trinajstić information content (AvgIpc) is 3.17. The highest BCUT2D eigenvalue weighted by molar-refractivity contribution is 7.99. The van der Waals surface area contributed by atoms with Crippen LogP contribution in [0.15, 0.2) is 58.2 Å². The molecule has 27 heavy (non-hydrogen) atoms. The molecule has 8 heteroatoms. The summed E-state index contributed by atoms with van der Waals surface area (Å²) < 4.78 is 29.5. The molecule has 0 unspecified atom stereocenters. The molecule has 0 saturated carbocycles. The first kappa shape index (κ1) is 19.3. The molecular formula is C19H19FN2O4S. The Morgan fingerprint density at radius 2 is 1.93 bits per heavy atom. The number of hydrogen-bond acceptors (Lipinski definition) is 7. The molecule has 3 rings (SSSR count). The number of benzene rings is 2. The summed E-state index contributed by atoms with van der Waals surface area (Å²) >= 11 is 1.23. The molecule has 3 aromatic rings. The second-order valence-electron chi connectivity index (χ2n) is 5.67. The molecule has 0 aliphatic rings. The Bertz CT molecular complexity index is 857. The van der Waals surface area contributed by atoms with Crippen LogP contribution in [0.4, 0.5) is 4.39 Å². The van der Waals surface area contributed by atoms with Gasteiger partial charge in [0.05, 0.1) is 26.4 Å². The van der Waals surface area contributed by atoms with Crippen LogP contribution in [-0.2, 0) is 11.3 Å². The molecule has 142 valence electrons. The van der Waals surface area contributed by atoms with E-state index in [-0.39, 0.29) is 19.0 Å². The highest BCUT2D eigenvalue weighted by Gasteiger charge is 2.12. The van der Waals surface area contributed by atoms with Crippen LogP contribution in [0.25, 0.3) is 11.5 Å². The zero-order valence-electron chi connectivity index (χ0n) is 14.7. The zero-order chi connectivity index (χ0) is 19.1. The zero-order valence-corrected chi connectivity index (χ0v) is 15.5. The van der Waals surface area contributed by atoms with Crippen molar-refractivity contribution in [1.82, 2.24) is 10.2 Å². The molecule has 0 bridgehead atoms. The molecule has 0 radical (unpaired) electrons. The quantitative estimate of drug-likeness (QED) is 0.560. The lowest BCUT2D eigenvalue weighted by Crippen LogP contribution is -2.18. The third kappa shape index (κ3) is 5.53. The van der Waals surface area contributed by atoms with Gasteiger partial charge in [0.25, 0.3) is 5.22 Å². The number of aliphatic hydroxyl groups is 1. The lowest BCUT2D eigenvalue weighted by atomic mass is 10.2. The number of rotatable bonds is 9. The molecular weight excluding hydrogens is 371 g/mol. The number of halogens is 1. The minimum Gasteiger partial charge on any atom is -0.497 e. The van der Waals surface area contributed by atoms with Crippen molar-refractivity contribution in [2.45, 2.75) is 17.9 Å². The highest BCUT2D eigenvalue weighted by Crippen LogP contribution is 2.25. The van der Waals surface area contributed by atoms with E-state index >= 15 is 0 Å². The van der Waals surface area contributed by atoms with Crippen LogP contribution in [0, 0.1) is 5.82 Å². The summed E-state index contributed by atoms with van der Waals surface area (Å²) in [5, 5.41) is 18.3. The first-order chi connectivity index (χ1) is 13.2. The number of hydrogen-bond donors (Lipinski definition) is 1. The third-order valence-electron chi connectivity index (χ3n) is 3.67. The molecule has 0 amide bonds. The predicted molar refractivity (Wildman–Crippen MR) is 99.1 cm³/mol. The Morgan fingerprint density at radius 1 is 1.15 bits per heavy atom. The summed E-state index contributed by atoms with van der Waals surface area (Å²) in [5.74, 6) is 1.14. The Morgan fingerprint density at radius 3 is 2.67 bits per heavy atom. The number of methoxy groups -OCH3 is 1. The maximum Gasteiger partial charge on any atom is 0.276 e. The fourth-order valence-corrected chi connectivity index (χ4v) is 2.92. The van der Waals surface area contributed by atoms with Crippen molar-refractivity contribution in [3.63, 3.8) is 0 Å². The molecule has 0 saturated heterocycles. The molecule has 2 aromatic carbocycles. The van der Waals surface area contributed by atoms with E-state index in [9.17, 15) is 9.50 Å². The minimum atomic E-state index is -0.738. The highest BCUT2D eigenvalue weighted by atomic mass is 32.2. The van der Waals surface area contributed by atoms with Crippen molar-refractivity contribution < 1.29 is 23.4 Å². The number of aliphatic hydroxyl groups excluding tert-OH is 1. The first-order valence-electron chi connectivity index (χ1n) is 8.25. The largest absolute Gasteiger partial charge is 0.497 e.